The van der Waals surface area contributed by atoms with Crippen molar-refractivity contribution in [3.8, 4) is 17.2 Å². The zero-order valence-corrected chi connectivity index (χ0v) is 22.4. The molecular formula is C30H29ClN4O5. The molecule has 0 aromatic heterocycles. The monoisotopic (exact) mass is 560 g/mol. The van der Waals surface area contributed by atoms with Gasteiger partial charge < -0.3 is 30.9 Å². The molecule has 1 atom stereocenters. The summed E-state index contributed by atoms with van der Waals surface area (Å²) in [5.74, 6) is -0.662. The highest BCUT2D eigenvalue weighted by molar-refractivity contribution is 5.95. The molecule has 0 spiro atoms. The first-order chi connectivity index (χ1) is 18.9. The predicted molar refractivity (Wildman–Crippen MR) is 156 cm³/mol. The van der Waals surface area contributed by atoms with Crippen LogP contribution in [0.4, 0.5) is 5.69 Å². The maximum absolute atomic E-state index is 13.4. The second-order valence-corrected chi connectivity index (χ2v) is 8.59. The standard InChI is InChI=1S/C30H28N4O5.ClH/c1-38-26-17-21(13-16-25(26)39-24-10-6-5-9-23(24)30(36)37)27(29(35)33-18-19-7-3-2-4-8-19)34-22-14-11-20(12-15-22)28(31)32;/h2-17,27,34H,18H2,1H3,(H3,31,32)(H,33,35)(H,36,37);1H/t27-;/m1./s1. The third kappa shape index (κ3) is 7.30. The summed E-state index contributed by atoms with van der Waals surface area (Å²) in [7, 11) is 1.47. The highest BCUT2D eigenvalue weighted by atomic mass is 35.5. The minimum absolute atomic E-state index is 0. The quantitative estimate of drug-likeness (QED) is 0.122. The molecule has 4 rings (SSSR count). The van der Waals surface area contributed by atoms with Crippen LogP contribution in [-0.2, 0) is 11.3 Å². The number of carboxylic acid groups (broad SMARTS) is 1. The molecule has 0 unspecified atom stereocenters. The normalized spacial score (nSPS) is 10.9. The second-order valence-electron chi connectivity index (χ2n) is 8.59. The molecule has 4 aromatic carbocycles. The first-order valence-electron chi connectivity index (χ1n) is 12.1. The number of rotatable bonds is 11. The molecule has 206 valence electrons. The summed E-state index contributed by atoms with van der Waals surface area (Å²) in [5, 5.41) is 23.3. The molecule has 0 aliphatic carbocycles. The van der Waals surface area contributed by atoms with Crippen LogP contribution in [0.15, 0.2) is 97.1 Å². The first-order valence-corrected chi connectivity index (χ1v) is 12.1. The van der Waals surface area contributed by atoms with Gasteiger partial charge in [-0.3, -0.25) is 10.2 Å². The Morgan fingerprint density at radius 2 is 1.57 bits per heavy atom. The van der Waals surface area contributed by atoms with E-state index < -0.39 is 12.0 Å². The molecule has 0 heterocycles. The average Bonchev–Trinajstić information content (AvgIpc) is 2.96. The van der Waals surface area contributed by atoms with Crippen molar-refractivity contribution in [1.82, 2.24) is 5.32 Å². The Labute approximate surface area is 237 Å². The van der Waals surface area contributed by atoms with Crippen molar-refractivity contribution in [3.05, 3.63) is 119 Å². The second kappa shape index (κ2) is 13.7. The van der Waals surface area contributed by atoms with Gasteiger partial charge in [-0.2, -0.15) is 0 Å². The number of carbonyl (C=O) groups excluding carboxylic acids is 1. The fraction of sp³-hybridized carbons (Fsp3) is 0.100. The van der Waals surface area contributed by atoms with Gasteiger partial charge in [0.1, 0.15) is 23.2 Å². The van der Waals surface area contributed by atoms with Crippen molar-refractivity contribution in [2.24, 2.45) is 5.73 Å². The number of aromatic carboxylic acids is 1. The van der Waals surface area contributed by atoms with Gasteiger partial charge in [-0.05, 0) is 59.7 Å². The fourth-order valence-electron chi connectivity index (χ4n) is 3.90. The molecule has 40 heavy (non-hydrogen) atoms. The van der Waals surface area contributed by atoms with Crippen LogP contribution in [0.3, 0.4) is 0 Å². The molecular weight excluding hydrogens is 532 g/mol. The number of carboxylic acids is 1. The number of ether oxygens (including phenoxy) is 2. The Hall–Kier alpha value is -5.02. The molecule has 4 aromatic rings. The van der Waals surface area contributed by atoms with E-state index in [0.717, 1.165) is 5.56 Å². The van der Waals surface area contributed by atoms with Crippen LogP contribution in [0.1, 0.15) is 33.1 Å². The zero-order chi connectivity index (χ0) is 27.8. The average molecular weight is 561 g/mol. The number of nitrogens with two attached hydrogens (primary N) is 1. The van der Waals surface area contributed by atoms with Crippen LogP contribution in [0.5, 0.6) is 17.2 Å². The highest BCUT2D eigenvalue weighted by Gasteiger charge is 2.23. The minimum atomic E-state index is -1.11. The summed E-state index contributed by atoms with van der Waals surface area (Å²) >= 11 is 0. The van der Waals surface area contributed by atoms with Crippen LogP contribution in [0.25, 0.3) is 0 Å². The van der Waals surface area contributed by atoms with Crippen molar-refractivity contribution in [2.75, 3.05) is 12.4 Å². The molecule has 1 amide bonds. The van der Waals surface area contributed by atoms with Gasteiger partial charge in [0.2, 0.25) is 5.91 Å². The number of methoxy groups -OCH3 is 1. The Balaban J connectivity index is 0.00000441. The fourth-order valence-corrected chi connectivity index (χ4v) is 3.90. The molecule has 10 heteroatoms. The topological polar surface area (TPSA) is 147 Å². The third-order valence-electron chi connectivity index (χ3n) is 5.94. The molecule has 9 nitrogen and oxygen atoms in total. The van der Waals surface area contributed by atoms with E-state index in [0.29, 0.717) is 34.9 Å². The van der Waals surface area contributed by atoms with Crippen molar-refractivity contribution < 1.29 is 24.2 Å². The molecule has 0 aliphatic heterocycles. The number of hydrogen-bond acceptors (Lipinski definition) is 6. The lowest BCUT2D eigenvalue weighted by atomic mass is 10.0. The zero-order valence-electron chi connectivity index (χ0n) is 21.6. The van der Waals surface area contributed by atoms with E-state index in [9.17, 15) is 14.7 Å². The van der Waals surface area contributed by atoms with E-state index in [1.165, 1.54) is 13.2 Å². The number of carbonyl (C=O) groups is 2. The number of amides is 1. The number of amidine groups is 1. The SMILES string of the molecule is COc1cc([C@@H](Nc2ccc(C(=N)N)cc2)C(=O)NCc2ccccc2)ccc1Oc1ccccc1C(=O)O.Cl. The van der Waals surface area contributed by atoms with Gasteiger partial charge in [0.25, 0.3) is 0 Å². The Morgan fingerprint density at radius 1 is 0.900 bits per heavy atom. The smallest absolute Gasteiger partial charge is 0.339 e. The van der Waals surface area contributed by atoms with Gasteiger partial charge in [-0.15, -0.1) is 12.4 Å². The molecule has 0 saturated heterocycles. The molecule has 0 radical (unpaired) electrons. The first kappa shape index (κ1) is 29.5. The van der Waals surface area contributed by atoms with Crippen molar-refractivity contribution in [3.63, 3.8) is 0 Å². The Morgan fingerprint density at radius 3 is 2.23 bits per heavy atom. The van der Waals surface area contributed by atoms with Gasteiger partial charge in [-0.25, -0.2) is 4.79 Å². The van der Waals surface area contributed by atoms with E-state index in [2.05, 4.69) is 10.6 Å². The minimum Gasteiger partial charge on any atom is -0.493 e. The number of anilines is 1. The highest BCUT2D eigenvalue weighted by Crippen LogP contribution is 2.36. The third-order valence-corrected chi connectivity index (χ3v) is 5.94. The van der Waals surface area contributed by atoms with Crippen molar-refractivity contribution >= 4 is 35.8 Å². The lowest BCUT2D eigenvalue weighted by molar-refractivity contribution is -0.122. The molecule has 0 saturated carbocycles. The predicted octanol–water partition coefficient (Wildman–Crippen LogP) is 5.36. The summed E-state index contributed by atoms with van der Waals surface area (Å²) < 4.78 is 11.4. The van der Waals surface area contributed by atoms with Crippen LogP contribution >= 0.6 is 12.4 Å². The number of nitrogen functional groups attached to an aromatic ring is 1. The number of nitrogens with one attached hydrogen (secondary N) is 3. The summed E-state index contributed by atoms with van der Waals surface area (Å²) in [5.41, 5.74) is 8.33. The summed E-state index contributed by atoms with van der Waals surface area (Å²) in [4.78, 5) is 25.0. The molecule has 0 fully saturated rings. The molecule has 6 N–H and O–H groups in total. The van der Waals surface area contributed by atoms with Gasteiger partial charge >= 0.3 is 5.97 Å². The Kier molecular flexibility index (Phi) is 10.1. The van der Waals surface area contributed by atoms with Gasteiger partial charge in [0.05, 0.1) is 7.11 Å². The maximum Gasteiger partial charge on any atom is 0.339 e. The largest absolute Gasteiger partial charge is 0.493 e. The number of benzene rings is 4. The lowest BCUT2D eigenvalue weighted by Crippen LogP contribution is -2.33. The van der Waals surface area contributed by atoms with Crippen LogP contribution in [0.2, 0.25) is 0 Å². The number of halogens is 1. The van der Waals surface area contributed by atoms with Gasteiger partial charge in [0.15, 0.2) is 11.5 Å². The molecule has 0 aliphatic rings. The van der Waals surface area contributed by atoms with Gasteiger partial charge in [-0.1, -0.05) is 48.5 Å². The van der Waals surface area contributed by atoms with E-state index in [4.69, 9.17) is 20.6 Å². The summed E-state index contributed by atoms with van der Waals surface area (Å²) in [6.45, 7) is 0.339. The number of hydrogen-bond donors (Lipinski definition) is 5. The van der Waals surface area contributed by atoms with Crippen molar-refractivity contribution in [2.45, 2.75) is 12.6 Å². The lowest BCUT2D eigenvalue weighted by Gasteiger charge is -2.22. The maximum atomic E-state index is 13.4. The van der Waals surface area contributed by atoms with E-state index in [-0.39, 0.29) is 35.5 Å². The van der Waals surface area contributed by atoms with Crippen molar-refractivity contribution in [1.29, 1.82) is 5.41 Å². The van der Waals surface area contributed by atoms with E-state index >= 15 is 0 Å². The van der Waals surface area contributed by atoms with Gasteiger partial charge in [0, 0.05) is 17.8 Å². The van der Waals surface area contributed by atoms with Crippen LogP contribution in [0, 0.1) is 5.41 Å². The Bertz CT molecular complexity index is 1480. The summed E-state index contributed by atoms with van der Waals surface area (Å²) in [6, 6.07) is 26.9. The van der Waals surface area contributed by atoms with Crippen LogP contribution < -0.4 is 25.8 Å². The number of para-hydroxylation sites is 1. The van der Waals surface area contributed by atoms with Crippen LogP contribution in [-0.4, -0.2) is 29.9 Å². The van der Waals surface area contributed by atoms with E-state index in [1.807, 2.05) is 30.3 Å². The van der Waals surface area contributed by atoms with E-state index in [1.54, 1.807) is 60.7 Å². The molecule has 0 bridgehead atoms. The summed E-state index contributed by atoms with van der Waals surface area (Å²) in [6.07, 6.45) is 0.